The summed E-state index contributed by atoms with van der Waals surface area (Å²) in [5, 5.41) is 4.17. The maximum atomic E-state index is 14.9. The van der Waals surface area contributed by atoms with Crippen LogP contribution >= 0.6 is 0 Å². The normalized spacial score (nSPS) is 15.7. The first kappa shape index (κ1) is 19.4. The molecule has 2 N–H and O–H groups in total. The molecule has 0 spiro atoms. The molecule has 4 aromatic rings. The molecule has 0 radical (unpaired) electrons. The first-order chi connectivity index (χ1) is 15.0. The number of urea groups is 1. The number of aryl methyl sites for hydroxylation is 2. The summed E-state index contributed by atoms with van der Waals surface area (Å²) >= 11 is 0. The van der Waals surface area contributed by atoms with E-state index in [4.69, 9.17) is 0 Å². The number of nitrogens with one attached hydrogen (secondary N) is 2. The molecule has 5 rings (SSSR count). The van der Waals surface area contributed by atoms with E-state index in [-0.39, 0.29) is 11.8 Å². The number of halogens is 1. The molecule has 0 unspecified atom stereocenters. The third-order valence-corrected chi connectivity index (χ3v) is 6.12. The fraction of sp³-hybridized carbons (Fsp3) is 0.192. The predicted octanol–water partition coefficient (Wildman–Crippen LogP) is 6.10. The molecule has 0 fully saturated rings. The first-order valence-electron chi connectivity index (χ1n) is 10.5. The van der Waals surface area contributed by atoms with E-state index in [2.05, 4.69) is 16.4 Å². The summed E-state index contributed by atoms with van der Waals surface area (Å²) in [5.74, 6) is -0.316. The summed E-state index contributed by atoms with van der Waals surface area (Å²) in [7, 11) is 0. The molecule has 156 valence electrons. The van der Waals surface area contributed by atoms with Crippen molar-refractivity contribution in [2.75, 3.05) is 11.9 Å². The van der Waals surface area contributed by atoms with Crippen molar-refractivity contribution in [2.45, 2.75) is 26.3 Å². The van der Waals surface area contributed by atoms with Crippen LogP contribution in [-0.4, -0.2) is 22.5 Å². The Morgan fingerprint density at radius 2 is 1.84 bits per heavy atom. The van der Waals surface area contributed by atoms with Crippen molar-refractivity contribution < 1.29 is 9.18 Å². The molecule has 4 nitrogen and oxygen atoms in total. The van der Waals surface area contributed by atoms with E-state index in [1.807, 2.05) is 56.3 Å². The summed E-state index contributed by atoms with van der Waals surface area (Å²) in [4.78, 5) is 18.6. The van der Waals surface area contributed by atoms with Crippen molar-refractivity contribution in [3.63, 3.8) is 0 Å². The molecule has 0 bridgehead atoms. The Bertz CT molecular complexity index is 1290. The summed E-state index contributed by atoms with van der Waals surface area (Å²) in [6, 6.07) is 20.0. The molecule has 1 aliphatic rings. The van der Waals surface area contributed by atoms with Gasteiger partial charge in [0.1, 0.15) is 11.9 Å². The van der Waals surface area contributed by atoms with Gasteiger partial charge in [0, 0.05) is 34.4 Å². The standard InChI is InChI=1S/C26H24FN3O/c1-16-11-12-22(17(2)15-16)29-26(31)30-14-13-19-18-7-4-6-10-23(18)28-24(19)25(30)20-8-3-5-9-21(20)27/h3-12,15,25,28H,13-14H2,1-2H3,(H,29,31)/t25-/m0/s1. The summed E-state index contributed by atoms with van der Waals surface area (Å²) in [6.45, 7) is 4.50. The lowest BCUT2D eigenvalue weighted by Crippen LogP contribution is -2.43. The molecular weight excluding hydrogens is 389 g/mol. The van der Waals surface area contributed by atoms with E-state index in [1.54, 1.807) is 17.0 Å². The van der Waals surface area contributed by atoms with Gasteiger partial charge in [0.05, 0.1) is 0 Å². The fourth-order valence-electron chi connectivity index (χ4n) is 4.62. The molecule has 1 aliphatic heterocycles. The van der Waals surface area contributed by atoms with E-state index < -0.39 is 6.04 Å². The Hall–Kier alpha value is -3.60. The summed E-state index contributed by atoms with van der Waals surface area (Å²) in [5.41, 5.74) is 6.44. The van der Waals surface area contributed by atoms with E-state index in [9.17, 15) is 9.18 Å². The largest absolute Gasteiger partial charge is 0.356 e. The molecule has 0 aliphatic carbocycles. The second-order valence-electron chi connectivity index (χ2n) is 8.18. The Balaban J connectivity index is 1.59. The Labute approximate surface area is 180 Å². The van der Waals surface area contributed by atoms with Crippen LogP contribution in [0.1, 0.15) is 34.0 Å². The number of nitrogens with zero attached hydrogens (tertiary/aromatic N) is 1. The van der Waals surface area contributed by atoms with E-state index in [0.717, 1.165) is 39.0 Å². The van der Waals surface area contributed by atoms with Gasteiger partial charge in [-0.1, -0.05) is 54.1 Å². The number of anilines is 1. The third kappa shape index (κ3) is 3.36. The SMILES string of the molecule is Cc1ccc(NC(=O)N2CCc3c([nH]c4ccccc34)[C@@H]2c2ccccc2F)c(C)c1. The van der Waals surface area contributed by atoms with Gasteiger partial charge in [-0.15, -0.1) is 0 Å². The monoisotopic (exact) mass is 413 g/mol. The lowest BCUT2D eigenvalue weighted by Gasteiger charge is -2.36. The lowest BCUT2D eigenvalue weighted by molar-refractivity contribution is 0.192. The number of H-pyrrole nitrogens is 1. The minimum atomic E-state index is -0.525. The number of carbonyl (C=O) groups is 1. The van der Waals surface area contributed by atoms with E-state index >= 15 is 0 Å². The van der Waals surface area contributed by atoms with Crippen LogP contribution in [0.2, 0.25) is 0 Å². The number of amides is 2. The number of hydrogen-bond acceptors (Lipinski definition) is 1. The van der Waals surface area contributed by atoms with Crippen molar-refractivity contribution in [2.24, 2.45) is 0 Å². The lowest BCUT2D eigenvalue weighted by atomic mass is 9.92. The summed E-state index contributed by atoms with van der Waals surface area (Å²) < 4.78 is 14.9. The maximum Gasteiger partial charge on any atom is 0.322 e. The van der Waals surface area contributed by atoms with Crippen molar-refractivity contribution in [3.8, 4) is 0 Å². The van der Waals surface area contributed by atoms with Gasteiger partial charge in [0.25, 0.3) is 0 Å². The molecule has 5 heteroatoms. The van der Waals surface area contributed by atoms with Gasteiger partial charge in [-0.3, -0.25) is 0 Å². The number of benzene rings is 3. The average molecular weight is 413 g/mol. The zero-order valence-corrected chi connectivity index (χ0v) is 17.6. The van der Waals surface area contributed by atoms with Crippen molar-refractivity contribution in [1.82, 2.24) is 9.88 Å². The van der Waals surface area contributed by atoms with Gasteiger partial charge in [-0.25, -0.2) is 9.18 Å². The molecule has 1 aromatic heterocycles. The molecule has 3 aromatic carbocycles. The Morgan fingerprint density at radius 1 is 1.06 bits per heavy atom. The van der Waals surface area contributed by atoms with E-state index in [0.29, 0.717) is 18.5 Å². The molecule has 2 heterocycles. The van der Waals surface area contributed by atoms with Crippen LogP contribution in [0.25, 0.3) is 10.9 Å². The van der Waals surface area contributed by atoms with Gasteiger partial charge in [0.15, 0.2) is 0 Å². The minimum Gasteiger partial charge on any atom is -0.356 e. The van der Waals surface area contributed by atoms with E-state index in [1.165, 1.54) is 6.07 Å². The van der Waals surface area contributed by atoms with Crippen LogP contribution in [-0.2, 0) is 6.42 Å². The van der Waals surface area contributed by atoms with Crippen molar-refractivity contribution in [1.29, 1.82) is 0 Å². The average Bonchev–Trinajstić information content (AvgIpc) is 3.14. The molecule has 2 amide bonds. The molecule has 0 saturated heterocycles. The molecule has 31 heavy (non-hydrogen) atoms. The van der Waals surface area contributed by atoms with Gasteiger partial charge >= 0.3 is 6.03 Å². The Kier molecular flexibility index (Phi) is 4.74. The quantitative estimate of drug-likeness (QED) is 0.410. The topological polar surface area (TPSA) is 48.1 Å². The van der Waals surface area contributed by atoms with Crippen LogP contribution in [0.4, 0.5) is 14.9 Å². The number of para-hydroxylation sites is 1. The molecule has 0 saturated carbocycles. The van der Waals surface area contributed by atoms with Crippen LogP contribution < -0.4 is 5.32 Å². The van der Waals surface area contributed by atoms with Crippen LogP contribution in [0.3, 0.4) is 0 Å². The van der Waals surface area contributed by atoms with Crippen molar-refractivity contribution in [3.05, 3.63) is 100 Å². The van der Waals surface area contributed by atoms with Gasteiger partial charge in [0.2, 0.25) is 0 Å². The maximum absolute atomic E-state index is 14.9. The number of rotatable bonds is 2. The highest BCUT2D eigenvalue weighted by Gasteiger charge is 2.36. The summed E-state index contributed by atoms with van der Waals surface area (Å²) in [6.07, 6.45) is 0.713. The number of hydrogen-bond donors (Lipinski definition) is 2. The third-order valence-electron chi connectivity index (χ3n) is 6.12. The zero-order chi connectivity index (χ0) is 21.5. The van der Waals surface area contributed by atoms with Crippen molar-refractivity contribution >= 4 is 22.6 Å². The van der Waals surface area contributed by atoms with Crippen LogP contribution in [0.15, 0.2) is 66.7 Å². The predicted molar refractivity (Wildman–Crippen MR) is 122 cm³/mol. The number of fused-ring (bicyclic) bond motifs is 3. The Morgan fingerprint density at radius 3 is 2.65 bits per heavy atom. The second kappa shape index (κ2) is 7.58. The van der Waals surface area contributed by atoms with Gasteiger partial charge < -0.3 is 15.2 Å². The number of aromatic amines is 1. The van der Waals surface area contributed by atoms with Gasteiger partial charge in [-0.2, -0.15) is 0 Å². The first-order valence-corrected chi connectivity index (χ1v) is 10.5. The molecule has 1 atom stereocenters. The number of carbonyl (C=O) groups excluding carboxylic acids is 1. The van der Waals surface area contributed by atoms with Crippen LogP contribution in [0.5, 0.6) is 0 Å². The minimum absolute atomic E-state index is 0.232. The van der Waals surface area contributed by atoms with Gasteiger partial charge in [-0.05, 0) is 49.6 Å². The smallest absolute Gasteiger partial charge is 0.322 e. The fourth-order valence-corrected chi connectivity index (χ4v) is 4.62. The highest BCUT2D eigenvalue weighted by Crippen LogP contribution is 2.39. The highest BCUT2D eigenvalue weighted by atomic mass is 19.1. The number of aromatic nitrogens is 1. The second-order valence-corrected chi connectivity index (χ2v) is 8.18. The highest BCUT2D eigenvalue weighted by molar-refractivity contribution is 5.92. The van der Waals surface area contributed by atoms with Crippen LogP contribution in [0, 0.1) is 19.7 Å². The molecular formula is C26H24FN3O. The zero-order valence-electron chi connectivity index (χ0n) is 17.6.